The number of nitrogens with zero attached hydrogens (tertiary/aromatic N) is 3. The van der Waals surface area contributed by atoms with E-state index in [1.807, 2.05) is 62.5 Å². The zero-order chi connectivity index (χ0) is 20.3. The van der Waals surface area contributed by atoms with E-state index in [1.165, 1.54) is 11.3 Å². The molecular weight excluding hydrogens is 392 g/mol. The third-order valence-corrected chi connectivity index (χ3v) is 5.65. The minimum absolute atomic E-state index is 0.0843. The molecule has 5 nitrogen and oxygen atoms in total. The number of rotatable bonds is 5. The summed E-state index contributed by atoms with van der Waals surface area (Å²) in [7, 11) is 0. The van der Waals surface area contributed by atoms with E-state index < -0.39 is 0 Å². The lowest BCUT2D eigenvalue weighted by atomic mass is 10.1. The van der Waals surface area contributed by atoms with Gasteiger partial charge in [0.1, 0.15) is 0 Å². The molecule has 2 aromatic carbocycles. The van der Waals surface area contributed by atoms with E-state index in [2.05, 4.69) is 15.5 Å². The van der Waals surface area contributed by atoms with Gasteiger partial charge in [-0.3, -0.25) is 15.1 Å². The Bertz CT molecular complexity index is 1040. The van der Waals surface area contributed by atoms with Crippen LogP contribution >= 0.6 is 22.9 Å². The predicted molar refractivity (Wildman–Crippen MR) is 118 cm³/mol. The summed E-state index contributed by atoms with van der Waals surface area (Å²) in [5, 5.41) is 7.37. The summed E-state index contributed by atoms with van der Waals surface area (Å²) in [5.41, 5.74) is 8.44. The average Bonchev–Trinajstić information content (AvgIpc) is 3.10. The van der Waals surface area contributed by atoms with Crippen LogP contribution in [0.25, 0.3) is 0 Å². The lowest BCUT2D eigenvalue weighted by Gasteiger charge is -2.21. The summed E-state index contributed by atoms with van der Waals surface area (Å²) in [4.78, 5) is 18.5. The van der Waals surface area contributed by atoms with Gasteiger partial charge in [0, 0.05) is 17.3 Å². The Labute approximate surface area is 173 Å². The maximum absolute atomic E-state index is 12.3. The van der Waals surface area contributed by atoms with Crippen molar-refractivity contribution in [3.8, 4) is 0 Å². The minimum Gasteiger partial charge on any atom is -0.278 e. The van der Waals surface area contributed by atoms with Gasteiger partial charge in [-0.2, -0.15) is 5.10 Å². The number of halogens is 1. The minimum atomic E-state index is -0.0843. The molecule has 7 heteroatoms. The number of hydrazone groups is 1. The standard InChI is InChI=1S/C21H21ClN4OS/c1-13-6-5-7-20(15(13)3)26(16(4)27)21-24-18(12-28-21)11-23-25-17-9-8-14(2)19(22)10-17/h5-12,25H,1-4H3/b23-11-. The summed E-state index contributed by atoms with van der Waals surface area (Å²) >= 11 is 7.52. The van der Waals surface area contributed by atoms with Crippen LogP contribution in [0, 0.1) is 20.8 Å². The van der Waals surface area contributed by atoms with Crippen LogP contribution in [0.2, 0.25) is 5.02 Å². The first kappa shape index (κ1) is 20.0. The fourth-order valence-corrected chi connectivity index (χ4v) is 3.67. The Morgan fingerprint density at radius 2 is 2.00 bits per heavy atom. The summed E-state index contributed by atoms with van der Waals surface area (Å²) in [6.07, 6.45) is 1.62. The van der Waals surface area contributed by atoms with E-state index in [0.717, 1.165) is 28.1 Å². The Morgan fingerprint density at radius 1 is 1.21 bits per heavy atom. The van der Waals surface area contributed by atoms with E-state index in [-0.39, 0.29) is 5.91 Å². The molecule has 1 heterocycles. The van der Waals surface area contributed by atoms with E-state index in [4.69, 9.17) is 11.6 Å². The van der Waals surface area contributed by atoms with Gasteiger partial charge in [0.2, 0.25) is 5.91 Å². The predicted octanol–water partition coefficient (Wildman–Crippen LogP) is 5.85. The van der Waals surface area contributed by atoms with E-state index in [0.29, 0.717) is 15.8 Å². The summed E-state index contributed by atoms with van der Waals surface area (Å²) in [6.45, 7) is 7.52. The van der Waals surface area contributed by atoms with Gasteiger partial charge in [-0.05, 0) is 55.7 Å². The Balaban J connectivity index is 1.80. The van der Waals surface area contributed by atoms with Crippen LogP contribution in [0.5, 0.6) is 0 Å². The van der Waals surface area contributed by atoms with Crippen molar-refractivity contribution in [3.05, 3.63) is 69.2 Å². The van der Waals surface area contributed by atoms with Crippen LogP contribution in [0.1, 0.15) is 29.3 Å². The first-order valence-corrected chi connectivity index (χ1v) is 10.00. The summed E-state index contributed by atoms with van der Waals surface area (Å²) < 4.78 is 0. The lowest BCUT2D eigenvalue weighted by Crippen LogP contribution is -2.23. The number of benzene rings is 2. The number of nitrogens with one attached hydrogen (secondary N) is 1. The number of carbonyl (C=O) groups is 1. The fourth-order valence-electron chi connectivity index (χ4n) is 2.66. The second-order valence-electron chi connectivity index (χ2n) is 6.46. The van der Waals surface area contributed by atoms with Crippen molar-refractivity contribution in [2.24, 2.45) is 5.10 Å². The molecular formula is C21H21ClN4OS. The zero-order valence-corrected chi connectivity index (χ0v) is 17.7. The molecule has 0 fully saturated rings. The molecule has 0 unspecified atom stereocenters. The van der Waals surface area contributed by atoms with Crippen molar-refractivity contribution >= 4 is 51.6 Å². The lowest BCUT2D eigenvalue weighted by molar-refractivity contribution is -0.115. The first-order valence-electron chi connectivity index (χ1n) is 8.74. The number of hydrogen-bond acceptors (Lipinski definition) is 5. The number of hydrogen-bond donors (Lipinski definition) is 1. The molecule has 0 aliphatic rings. The molecule has 0 aliphatic carbocycles. The Morgan fingerprint density at radius 3 is 2.71 bits per heavy atom. The van der Waals surface area contributed by atoms with Crippen LogP contribution in [0.3, 0.4) is 0 Å². The highest BCUT2D eigenvalue weighted by atomic mass is 35.5. The molecule has 3 aromatic rings. The normalized spacial score (nSPS) is 11.0. The SMILES string of the molecule is CC(=O)N(c1nc(/C=N\Nc2ccc(C)c(Cl)c2)cs1)c1cccc(C)c1C. The monoisotopic (exact) mass is 412 g/mol. The maximum atomic E-state index is 12.3. The largest absolute Gasteiger partial charge is 0.278 e. The molecule has 0 radical (unpaired) electrons. The quantitative estimate of drug-likeness (QED) is 0.422. The molecule has 0 saturated carbocycles. The van der Waals surface area contributed by atoms with Gasteiger partial charge in [0.25, 0.3) is 0 Å². The van der Waals surface area contributed by atoms with Crippen LogP contribution in [0.4, 0.5) is 16.5 Å². The molecule has 0 aliphatic heterocycles. The highest BCUT2D eigenvalue weighted by Gasteiger charge is 2.19. The van der Waals surface area contributed by atoms with Crippen molar-refractivity contribution in [1.29, 1.82) is 0 Å². The van der Waals surface area contributed by atoms with Gasteiger partial charge in [-0.1, -0.05) is 29.8 Å². The van der Waals surface area contributed by atoms with Crippen LogP contribution in [-0.4, -0.2) is 17.1 Å². The molecule has 1 aromatic heterocycles. The number of aromatic nitrogens is 1. The van der Waals surface area contributed by atoms with E-state index in [9.17, 15) is 4.79 Å². The van der Waals surface area contributed by atoms with Crippen LogP contribution in [-0.2, 0) is 4.79 Å². The van der Waals surface area contributed by atoms with E-state index >= 15 is 0 Å². The van der Waals surface area contributed by atoms with Gasteiger partial charge in [-0.15, -0.1) is 11.3 Å². The smallest absolute Gasteiger partial charge is 0.230 e. The molecule has 0 bridgehead atoms. The van der Waals surface area contributed by atoms with Crippen molar-refractivity contribution in [2.45, 2.75) is 27.7 Å². The number of thiazole rings is 1. The first-order chi connectivity index (χ1) is 13.4. The number of amides is 1. The molecule has 3 rings (SSSR count). The van der Waals surface area contributed by atoms with Gasteiger partial charge in [-0.25, -0.2) is 4.98 Å². The molecule has 1 amide bonds. The van der Waals surface area contributed by atoms with Crippen LogP contribution < -0.4 is 10.3 Å². The Hall–Kier alpha value is -2.70. The van der Waals surface area contributed by atoms with Crippen molar-refractivity contribution in [3.63, 3.8) is 0 Å². The van der Waals surface area contributed by atoms with E-state index in [1.54, 1.807) is 18.0 Å². The molecule has 0 saturated heterocycles. The van der Waals surface area contributed by atoms with Crippen molar-refractivity contribution in [1.82, 2.24) is 4.98 Å². The number of aryl methyl sites for hydroxylation is 2. The molecule has 144 valence electrons. The molecule has 28 heavy (non-hydrogen) atoms. The highest BCUT2D eigenvalue weighted by Crippen LogP contribution is 2.32. The molecule has 0 atom stereocenters. The zero-order valence-electron chi connectivity index (χ0n) is 16.2. The van der Waals surface area contributed by atoms with Gasteiger partial charge in [0.15, 0.2) is 5.13 Å². The Kier molecular flexibility index (Phi) is 6.11. The van der Waals surface area contributed by atoms with Crippen molar-refractivity contribution in [2.75, 3.05) is 10.3 Å². The van der Waals surface area contributed by atoms with Crippen molar-refractivity contribution < 1.29 is 4.79 Å². The number of carbonyl (C=O) groups excluding carboxylic acids is 1. The second kappa shape index (κ2) is 8.54. The molecule has 0 spiro atoms. The fraction of sp³-hybridized carbons (Fsp3) is 0.190. The average molecular weight is 413 g/mol. The summed E-state index contributed by atoms with van der Waals surface area (Å²) in [5.74, 6) is -0.0843. The molecule has 1 N–H and O–H groups in total. The number of anilines is 3. The summed E-state index contributed by atoms with van der Waals surface area (Å²) in [6, 6.07) is 11.6. The second-order valence-corrected chi connectivity index (χ2v) is 7.71. The maximum Gasteiger partial charge on any atom is 0.230 e. The topological polar surface area (TPSA) is 57.6 Å². The highest BCUT2D eigenvalue weighted by molar-refractivity contribution is 7.14. The third-order valence-electron chi connectivity index (χ3n) is 4.40. The van der Waals surface area contributed by atoms with Gasteiger partial charge < -0.3 is 0 Å². The van der Waals surface area contributed by atoms with Gasteiger partial charge in [0.05, 0.1) is 23.3 Å². The van der Waals surface area contributed by atoms with Crippen LogP contribution in [0.15, 0.2) is 46.9 Å². The van der Waals surface area contributed by atoms with Gasteiger partial charge >= 0.3 is 0 Å². The third kappa shape index (κ3) is 4.40.